The minimum absolute atomic E-state index is 0.262. The SMILES string of the molecule is COc1ccc(Nc2ccc(C(=O)Nc3ccc(C(F)(F)F)cc3)cn2)cc1. The lowest BCUT2D eigenvalue weighted by Crippen LogP contribution is -2.13. The quantitative estimate of drug-likeness (QED) is 0.639. The summed E-state index contributed by atoms with van der Waals surface area (Å²) < 4.78 is 42.8. The van der Waals surface area contributed by atoms with Crippen LogP contribution in [0.1, 0.15) is 15.9 Å². The summed E-state index contributed by atoms with van der Waals surface area (Å²) in [6.45, 7) is 0. The molecule has 2 aromatic carbocycles. The van der Waals surface area contributed by atoms with Crippen LogP contribution < -0.4 is 15.4 Å². The summed E-state index contributed by atoms with van der Waals surface area (Å²) in [6.07, 6.45) is -3.04. The summed E-state index contributed by atoms with van der Waals surface area (Å²) in [6, 6.07) is 14.7. The number of nitrogens with zero attached hydrogens (tertiary/aromatic N) is 1. The van der Waals surface area contributed by atoms with E-state index in [-0.39, 0.29) is 11.3 Å². The fourth-order valence-electron chi connectivity index (χ4n) is 2.37. The Morgan fingerprint density at radius 2 is 1.57 bits per heavy atom. The van der Waals surface area contributed by atoms with E-state index in [1.54, 1.807) is 31.4 Å². The topological polar surface area (TPSA) is 63.2 Å². The number of anilines is 3. The Morgan fingerprint density at radius 3 is 2.11 bits per heavy atom. The van der Waals surface area contributed by atoms with E-state index in [1.165, 1.54) is 18.3 Å². The van der Waals surface area contributed by atoms with Crippen molar-refractivity contribution in [3.8, 4) is 5.75 Å². The molecule has 3 rings (SSSR count). The summed E-state index contributed by atoms with van der Waals surface area (Å²) in [5.41, 5.74) is 0.565. The third kappa shape index (κ3) is 4.79. The Bertz CT molecular complexity index is 938. The van der Waals surface area contributed by atoms with Crippen molar-refractivity contribution in [1.29, 1.82) is 0 Å². The van der Waals surface area contributed by atoms with Crippen LogP contribution in [0.25, 0.3) is 0 Å². The molecule has 1 amide bonds. The van der Waals surface area contributed by atoms with E-state index in [0.717, 1.165) is 23.6 Å². The van der Waals surface area contributed by atoms with Crippen LogP contribution in [0.15, 0.2) is 66.9 Å². The first-order valence-electron chi connectivity index (χ1n) is 8.21. The van der Waals surface area contributed by atoms with Crippen molar-refractivity contribution < 1.29 is 22.7 Å². The summed E-state index contributed by atoms with van der Waals surface area (Å²) >= 11 is 0. The summed E-state index contributed by atoms with van der Waals surface area (Å²) in [5.74, 6) is 0.799. The Morgan fingerprint density at radius 1 is 0.929 bits per heavy atom. The molecule has 0 saturated heterocycles. The van der Waals surface area contributed by atoms with Gasteiger partial charge in [0.05, 0.1) is 18.2 Å². The number of alkyl halides is 3. The molecule has 1 heterocycles. The highest BCUT2D eigenvalue weighted by molar-refractivity contribution is 6.04. The highest BCUT2D eigenvalue weighted by Crippen LogP contribution is 2.29. The number of amides is 1. The van der Waals surface area contributed by atoms with Gasteiger partial charge in [0.25, 0.3) is 5.91 Å². The average Bonchev–Trinajstić information content (AvgIpc) is 2.69. The number of ether oxygens (including phenoxy) is 1. The van der Waals surface area contributed by atoms with Crippen molar-refractivity contribution in [3.63, 3.8) is 0 Å². The Hall–Kier alpha value is -3.55. The van der Waals surface area contributed by atoms with Crippen molar-refractivity contribution >= 4 is 23.1 Å². The van der Waals surface area contributed by atoms with E-state index < -0.39 is 17.6 Å². The maximum Gasteiger partial charge on any atom is 0.416 e. The molecule has 0 radical (unpaired) electrons. The number of aromatic nitrogens is 1. The van der Waals surface area contributed by atoms with Crippen LogP contribution in [0, 0.1) is 0 Å². The second-order valence-corrected chi connectivity index (χ2v) is 5.81. The number of hydrogen-bond donors (Lipinski definition) is 2. The number of benzene rings is 2. The predicted molar refractivity (Wildman–Crippen MR) is 99.9 cm³/mol. The van der Waals surface area contributed by atoms with Gasteiger partial charge in [-0.3, -0.25) is 4.79 Å². The summed E-state index contributed by atoms with van der Waals surface area (Å²) in [4.78, 5) is 16.4. The molecule has 5 nitrogen and oxygen atoms in total. The Balaban J connectivity index is 1.63. The van der Waals surface area contributed by atoms with E-state index in [9.17, 15) is 18.0 Å². The third-order valence-electron chi connectivity index (χ3n) is 3.86. The average molecular weight is 387 g/mol. The number of nitrogens with one attached hydrogen (secondary N) is 2. The minimum Gasteiger partial charge on any atom is -0.497 e. The summed E-state index contributed by atoms with van der Waals surface area (Å²) in [7, 11) is 1.58. The standard InChI is InChI=1S/C20H16F3N3O2/c1-28-17-9-7-15(8-10-17)25-18-11-2-13(12-24-18)19(27)26-16-5-3-14(4-6-16)20(21,22)23/h2-12H,1H3,(H,24,25)(H,26,27). The largest absolute Gasteiger partial charge is 0.497 e. The lowest BCUT2D eigenvalue weighted by atomic mass is 10.2. The molecule has 0 unspecified atom stereocenters. The Labute approximate surface area is 159 Å². The smallest absolute Gasteiger partial charge is 0.416 e. The molecule has 0 saturated carbocycles. The van der Waals surface area contributed by atoms with Crippen molar-refractivity contribution in [1.82, 2.24) is 4.98 Å². The molecule has 3 aromatic rings. The molecular formula is C20H16F3N3O2. The lowest BCUT2D eigenvalue weighted by molar-refractivity contribution is -0.137. The zero-order chi connectivity index (χ0) is 20.1. The van der Waals surface area contributed by atoms with Crippen molar-refractivity contribution in [2.45, 2.75) is 6.18 Å². The minimum atomic E-state index is -4.42. The third-order valence-corrected chi connectivity index (χ3v) is 3.86. The zero-order valence-electron chi connectivity index (χ0n) is 14.7. The molecule has 0 atom stereocenters. The number of pyridine rings is 1. The van der Waals surface area contributed by atoms with Crippen LogP contribution in [0.3, 0.4) is 0 Å². The predicted octanol–water partition coefficient (Wildman–Crippen LogP) is 5.10. The van der Waals surface area contributed by atoms with Crippen LogP contribution in [-0.4, -0.2) is 18.0 Å². The van der Waals surface area contributed by atoms with E-state index in [2.05, 4.69) is 15.6 Å². The van der Waals surface area contributed by atoms with Crippen LogP contribution >= 0.6 is 0 Å². The molecular weight excluding hydrogens is 371 g/mol. The number of methoxy groups -OCH3 is 1. The van der Waals surface area contributed by atoms with Gasteiger partial charge >= 0.3 is 6.18 Å². The van der Waals surface area contributed by atoms with Gasteiger partial charge in [0, 0.05) is 17.6 Å². The number of carbonyl (C=O) groups excluding carboxylic acids is 1. The van der Waals surface area contributed by atoms with Crippen LogP contribution in [-0.2, 0) is 6.18 Å². The molecule has 0 bridgehead atoms. The maximum absolute atomic E-state index is 12.6. The number of halogens is 3. The molecule has 8 heteroatoms. The summed E-state index contributed by atoms with van der Waals surface area (Å²) in [5, 5.41) is 5.62. The Kier molecular flexibility index (Phi) is 5.49. The van der Waals surface area contributed by atoms with Crippen LogP contribution in [0.2, 0.25) is 0 Å². The zero-order valence-corrected chi connectivity index (χ0v) is 14.7. The number of hydrogen-bond acceptors (Lipinski definition) is 4. The van der Waals surface area contributed by atoms with Gasteiger partial charge in [0.2, 0.25) is 0 Å². The maximum atomic E-state index is 12.6. The van der Waals surface area contributed by atoms with Crippen LogP contribution in [0.5, 0.6) is 5.75 Å². The molecule has 0 fully saturated rings. The van der Waals surface area contributed by atoms with Gasteiger partial charge in [0.1, 0.15) is 11.6 Å². The van der Waals surface area contributed by atoms with Crippen molar-refractivity contribution in [2.75, 3.05) is 17.7 Å². The van der Waals surface area contributed by atoms with Gasteiger partial charge in [-0.15, -0.1) is 0 Å². The number of carbonyl (C=O) groups is 1. The molecule has 0 spiro atoms. The van der Waals surface area contributed by atoms with Gasteiger partial charge in [0.15, 0.2) is 0 Å². The highest BCUT2D eigenvalue weighted by atomic mass is 19.4. The van der Waals surface area contributed by atoms with Gasteiger partial charge in [-0.1, -0.05) is 0 Å². The van der Waals surface area contributed by atoms with Gasteiger partial charge < -0.3 is 15.4 Å². The van der Waals surface area contributed by atoms with Gasteiger partial charge in [-0.05, 0) is 60.7 Å². The van der Waals surface area contributed by atoms with Crippen LogP contribution in [0.4, 0.5) is 30.4 Å². The first-order valence-corrected chi connectivity index (χ1v) is 8.21. The van der Waals surface area contributed by atoms with E-state index in [1.807, 2.05) is 12.1 Å². The van der Waals surface area contributed by atoms with Crippen molar-refractivity contribution in [2.24, 2.45) is 0 Å². The fraction of sp³-hybridized carbons (Fsp3) is 0.100. The monoisotopic (exact) mass is 387 g/mol. The highest BCUT2D eigenvalue weighted by Gasteiger charge is 2.30. The van der Waals surface area contributed by atoms with Gasteiger partial charge in [-0.25, -0.2) is 4.98 Å². The van der Waals surface area contributed by atoms with Crippen molar-refractivity contribution in [3.05, 3.63) is 78.0 Å². The fourth-order valence-corrected chi connectivity index (χ4v) is 2.37. The molecule has 28 heavy (non-hydrogen) atoms. The first-order chi connectivity index (χ1) is 13.3. The molecule has 2 N–H and O–H groups in total. The molecule has 0 aliphatic carbocycles. The molecule has 144 valence electrons. The van der Waals surface area contributed by atoms with E-state index in [4.69, 9.17) is 4.74 Å². The lowest BCUT2D eigenvalue weighted by Gasteiger charge is -2.09. The molecule has 0 aliphatic heterocycles. The first kappa shape index (κ1) is 19.2. The molecule has 0 aliphatic rings. The second kappa shape index (κ2) is 7.99. The number of rotatable bonds is 5. The normalized spacial score (nSPS) is 11.0. The molecule has 1 aromatic heterocycles. The second-order valence-electron chi connectivity index (χ2n) is 5.81. The van der Waals surface area contributed by atoms with E-state index in [0.29, 0.717) is 5.82 Å². The van der Waals surface area contributed by atoms with Gasteiger partial charge in [-0.2, -0.15) is 13.2 Å². The van der Waals surface area contributed by atoms with E-state index >= 15 is 0 Å².